The highest BCUT2D eigenvalue weighted by molar-refractivity contribution is 9.10. The second-order valence-corrected chi connectivity index (χ2v) is 9.91. The topological polar surface area (TPSA) is 27.7 Å². The van der Waals surface area contributed by atoms with Crippen molar-refractivity contribution in [1.82, 2.24) is 0 Å². The van der Waals surface area contributed by atoms with Gasteiger partial charge in [0.15, 0.2) is 17.1 Å². The Balaban J connectivity index is 0.000000929. The normalized spacial score (nSPS) is 12.6. The largest absolute Gasteiger partial charge is 0.493 e. The first kappa shape index (κ1) is 30.0. The van der Waals surface area contributed by atoms with Gasteiger partial charge in [-0.15, -0.1) is 0 Å². The summed E-state index contributed by atoms with van der Waals surface area (Å²) in [6.07, 6.45) is 4.34. The summed E-state index contributed by atoms with van der Waals surface area (Å²) in [6, 6.07) is 35.3. The molecule has 0 spiro atoms. The van der Waals surface area contributed by atoms with Crippen LogP contribution in [0.3, 0.4) is 0 Å². The van der Waals surface area contributed by atoms with Crippen LogP contribution in [-0.2, 0) is 5.60 Å². The van der Waals surface area contributed by atoms with Crippen molar-refractivity contribution in [1.29, 1.82) is 0 Å². The summed E-state index contributed by atoms with van der Waals surface area (Å²) in [7, 11) is 3.33. The molecule has 0 N–H and O–H groups in total. The molecule has 1 aliphatic heterocycles. The molecule has 4 heteroatoms. The minimum Gasteiger partial charge on any atom is -0.493 e. The van der Waals surface area contributed by atoms with Crippen molar-refractivity contribution in [3.05, 3.63) is 130 Å². The summed E-state index contributed by atoms with van der Waals surface area (Å²) in [4.78, 5) is 0. The highest BCUT2D eigenvalue weighted by atomic mass is 79.9. The summed E-state index contributed by atoms with van der Waals surface area (Å²) in [6.45, 7) is 8.00. The molecule has 210 valence electrons. The number of hydrogen-bond acceptors (Lipinski definition) is 3. The van der Waals surface area contributed by atoms with Gasteiger partial charge in [0.25, 0.3) is 0 Å². The number of halogens is 1. The number of rotatable bonds is 5. The molecule has 5 aromatic carbocycles. The van der Waals surface area contributed by atoms with Gasteiger partial charge in [-0.1, -0.05) is 116 Å². The molecule has 0 saturated carbocycles. The van der Waals surface area contributed by atoms with Crippen molar-refractivity contribution in [2.75, 3.05) is 14.2 Å². The van der Waals surface area contributed by atoms with Gasteiger partial charge in [-0.25, -0.2) is 0 Å². The molecule has 3 nitrogen and oxygen atoms in total. The molecule has 0 aliphatic carbocycles. The Morgan fingerprint density at radius 3 is 1.66 bits per heavy atom. The Bertz CT molecular complexity index is 1570. The van der Waals surface area contributed by atoms with Gasteiger partial charge < -0.3 is 14.2 Å². The molecule has 0 aromatic heterocycles. The first-order valence-electron chi connectivity index (χ1n) is 14.1. The highest BCUT2D eigenvalue weighted by Gasteiger charge is 2.37. The number of methoxy groups -OCH3 is 2. The molecule has 41 heavy (non-hydrogen) atoms. The number of hydrogen-bond donors (Lipinski definition) is 0. The van der Waals surface area contributed by atoms with Crippen molar-refractivity contribution >= 4 is 32.8 Å². The fourth-order valence-corrected chi connectivity index (χ4v) is 5.39. The standard InChI is InChI=1S/C33H25BrO3.2C2H6/c1-35-31-20-28-26-17-18-33(23-9-5-3-6-10-23,24-11-7-4-8-12-24)37-30(26)19-27(29(28)21-32(31)36-2)22-13-15-25(34)16-14-22;2*1-2/h3-21H,1-2H3;2*1-2H3. The van der Waals surface area contributed by atoms with E-state index in [9.17, 15) is 0 Å². The molecule has 0 radical (unpaired) electrons. The number of fused-ring (bicyclic) bond motifs is 3. The van der Waals surface area contributed by atoms with E-state index in [0.717, 1.165) is 48.8 Å². The molecule has 0 atom stereocenters. The molecular weight excluding hydrogens is 572 g/mol. The van der Waals surface area contributed by atoms with E-state index in [4.69, 9.17) is 14.2 Å². The van der Waals surface area contributed by atoms with E-state index in [1.54, 1.807) is 14.2 Å². The summed E-state index contributed by atoms with van der Waals surface area (Å²) in [5.74, 6) is 2.19. The zero-order valence-electron chi connectivity index (χ0n) is 24.6. The Morgan fingerprint density at radius 2 is 1.15 bits per heavy atom. The molecule has 0 amide bonds. The second-order valence-electron chi connectivity index (χ2n) is 9.00. The van der Waals surface area contributed by atoms with Gasteiger partial charge in [-0.2, -0.15) is 0 Å². The lowest BCUT2D eigenvalue weighted by atomic mass is 9.82. The van der Waals surface area contributed by atoms with Crippen LogP contribution in [0.25, 0.3) is 28.0 Å². The van der Waals surface area contributed by atoms with E-state index in [1.807, 2.05) is 45.9 Å². The van der Waals surface area contributed by atoms with Crippen molar-refractivity contribution in [3.8, 4) is 28.4 Å². The van der Waals surface area contributed by atoms with Gasteiger partial charge in [-0.3, -0.25) is 0 Å². The first-order valence-corrected chi connectivity index (χ1v) is 14.9. The zero-order chi connectivity index (χ0) is 29.4. The summed E-state index contributed by atoms with van der Waals surface area (Å²) < 4.78 is 19.4. The van der Waals surface area contributed by atoms with Crippen LogP contribution in [0.4, 0.5) is 0 Å². The summed E-state index contributed by atoms with van der Waals surface area (Å²) in [5, 5.41) is 2.11. The molecule has 6 rings (SSSR count). The van der Waals surface area contributed by atoms with Crippen LogP contribution in [0.15, 0.2) is 114 Å². The lowest BCUT2D eigenvalue weighted by Crippen LogP contribution is -2.34. The van der Waals surface area contributed by atoms with Crippen LogP contribution in [0.5, 0.6) is 17.2 Å². The van der Waals surface area contributed by atoms with Crippen LogP contribution in [0.1, 0.15) is 44.4 Å². The van der Waals surface area contributed by atoms with Crippen LogP contribution in [0.2, 0.25) is 0 Å². The average Bonchev–Trinajstić information content (AvgIpc) is 3.06. The van der Waals surface area contributed by atoms with Gasteiger partial charge in [0, 0.05) is 21.2 Å². The Labute approximate surface area is 252 Å². The molecule has 0 bridgehead atoms. The molecule has 1 heterocycles. The molecule has 0 fully saturated rings. The third-order valence-electron chi connectivity index (χ3n) is 6.96. The van der Waals surface area contributed by atoms with Crippen molar-refractivity contribution in [2.24, 2.45) is 0 Å². The van der Waals surface area contributed by atoms with Crippen LogP contribution in [-0.4, -0.2) is 14.2 Å². The highest BCUT2D eigenvalue weighted by Crippen LogP contribution is 2.48. The van der Waals surface area contributed by atoms with E-state index < -0.39 is 5.60 Å². The third-order valence-corrected chi connectivity index (χ3v) is 7.49. The fraction of sp³-hybridized carbons (Fsp3) is 0.189. The first-order chi connectivity index (χ1) is 20.1. The van der Waals surface area contributed by atoms with Gasteiger partial charge in [-0.05, 0) is 64.4 Å². The summed E-state index contributed by atoms with van der Waals surface area (Å²) >= 11 is 3.57. The third kappa shape index (κ3) is 5.75. The Morgan fingerprint density at radius 1 is 0.634 bits per heavy atom. The quantitative estimate of drug-likeness (QED) is 0.198. The summed E-state index contributed by atoms with van der Waals surface area (Å²) in [5.41, 5.74) is 4.55. The van der Waals surface area contributed by atoms with Gasteiger partial charge in [0.2, 0.25) is 0 Å². The lowest BCUT2D eigenvalue weighted by molar-refractivity contribution is 0.161. The van der Waals surface area contributed by atoms with Crippen molar-refractivity contribution in [3.63, 3.8) is 0 Å². The Hall–Kier alpha value is -4.02. The van der Waals surface area contributed by atoms with Gasteiger partial charge in [0.05, 0.1) is 14.2 Å². The van der Waals surface area contributed by atoms with E-state index in [1.165, 1.54) is 0 Å². The molecular formula is C37H37BrO3. The minimum absolute atomic E-state index is 0.682. The smallest absolute Gasteiger partial charge is 0.178 e. The van der Waals surface area contributed by atoms with E-state index >= 15 is 0 Å². The lowest BCUT2D eigenvalue weighted by Gasteiger charge is -2.36. The van der Waals surface area contributed by atoms with Crippen molar-refractivity contribution < 1.29 is 14.2 Å². The number of benzene rings is 5. The molecule has 0 unspecified atom stereocenters. The predicted octanol–water partition coefficient (Wildman–Crippen LogP) is 10.7. The van der Waals surface area contributed by atoms with E-state index in [-0.39, 0.29) is 0 Å². The van der Waals surface area contributed by atoms with Crippen LogP contribution < -0.4 is 14.2 Å². The molecule has 0 saturated heterocycles. The average molecular weight is 610 g/mol. The maximum Gasteiger partial charge on any atom is 0.178 e. The fourth-order valence-electron chi connectivity index (χ4n) is 5.13. The van der Waals surface area contributed by atoms with Gasteiger partial charge >= 0.3 is 0 Å². The SMILES string of the molecule is CC.CC.COc1cc2c(-c3ccc(Br)cc3)cc3c(c2cc1OC)C=CC(c1ccccc1)(c1ccccc1)O3. The van der Waals surface area contributed by atoms with E-state index in [0.29, 0.717) is 11.5 Å². The maximum atomic E-state index is 7.05. The maximum absolute atomic E-state index is 7.05. The Kier molecular flexibility index (Phi) is 9.91. The molecule has 1 aliphatic rings. The van der Waals surface area contributed by atoms with Gasteiger partial charge in [0.1, 0.15) is 5.75 Å². The van der Waals surface area contributed by atoms with E-state index in [2.05, 4.69) is 113 Å². The second kappa shape index (κ2) is 13.6. The van der Waals surface area contributed by atoms with Crippen molar-refractivity contribution in [2.45, 2.75) is 33.3 Å². The van der Waals surface area contributed by atoms with Crippen LogP contribution in [0, 0.1) is 0 Å². The zero-order valence-corrected chi connectivity index (χ0v) is 26.2. The number of ether oxygens (including phenoxy) is 3. The monoisotopic (exact) mass is 608 g/mol. The minimum atomic E-state index is -0.753. The predicted molar refractivity (Wildman–Crippen MR) is 176 cm³/mol. The van der Waals surface area contributed by atoms with Crippen LogP contribution >= 0.6 is 15.9 Å². The molecule has 5 aromatic rings.